The molecule has 4 rings (SSSR count). The second kappa shape index (κ2) is 9.65. The minimum atomic E-state index is -3.52. The fourth-order valence-corrected chi connectivity index (χ4v) is 6.88. The van der Waals surface area contributed by atoms with E-state index in [4.69, 9.17) is 11.6 Å². The maximum atomic E-state index is 12.9. The summed E-state index contributed by atoms with van der Waals surface area (Å²) in [4.78, 5) is 5.53. The van der Waals surface area contributed by atoms with Gasteiger partial charge in [-0.05, 0) is 49.9 Å². The average molecular weight is 440 g/mol. The SMILES string of the molecule is O=S(=O)(N[C@@H]1CCCC[C@H]1N1CCN(C2CCCCC2)CC1)c1ccc(Cl)cc1. The number of sulfonamides is 1. The topological polar surface area (TPSA) is 52.7 Å². The van der Waals surface area contributed by atoms with Crippen LogP contribution in [0.15, 0.2) is 29.2 Å². The zero-order valence-electron chi connectivity index (χ0n) is 17.2. The van der Waals surface area contributed by atoms with Gasteiger partial charge in [0.2, 0.25) is 10.0 Å². The molecular weight excluding hydrogens is 406 g/mol. The first kappa shape index (κ1) is 21.6. The monoisotopic (exact) mass is 439 g/mol. The highest BCUT2D eigenvalue weighted by molar-refractivity contribution is 7.89. The molecule has 5 nitrogen and oxygen atoms in total. The van der Waals surface area contributed by atoms with Crippen molar-refractivity contribution in [2.24, 2.45) is 0 Å². The van der Waals surface area contributed by atoms with Crippen molar-refractivity contribution in [2.75, 3.05) is 26.2 Å². The van der Waals surface area contributed by atoms with E-state index in [0.29, 0.717) is 16.0 Å². The molecule has 29 heavy (non-hydrogen) atoms. The maximum absolute atomic E-state index is 12.9. The molecule has 0 bridgehead atoms. The van der Waals surface area contributed by atoms with Gasteiger partial charge in [0.05, 0.1) is 4.90 Å². The Bertz CT molecular complexity index is 757. The minimum absolute atomic E-state index is 0.00865. The number of benzene rings is 1. The van der Waals surface area contributed by atoms with Crippen molar-refractivity contribution in [2.45, 2.75) is 80.8 Å². The number of rotatable bonds is 5. The van der Waals surface area contributed by atoms with E-state index in [0.717, 1.165) is 51.5 Å². The largest absolute Gasteiger partial charge is 0.298 e. The third kappa shape index (κ3) is 5.34. The second-order valence-corrected chi connectivity index (χ2v) is 11.0. The predicted octanol–water partition coefficient (Wildman–Crippen LogP) is 3.88. The van der Waals surface area contributed by atoms with Crippen LogP contribution in [-0.4, -0.2) is 62.5 Å². The molecule has 1 heterocycles. The van der Waals surface area contributed by atoms with E-state index in [1.54, 1.807) is 24.3 Å². The Morgan fingerprint density at radius 1 is 0.793 bits per heavy atom. The van der Waals surface area contributed by atoms with Crippen molar-refractivity contribution in [1.29, 1.82) is 0 Å². The number of hydrogen-bond donors (Lipinski definition) is 1. The van der Waals surface area contributed by atoms with Crippen LogP contribution in [0.1, 0.15) is 57.8 Å². The highest BCUT2D eigenvalue weighted by Gasteiger charge is 2.35. The van der Waals surface area contributed by atoms with Crippen LogP contribution in [0.5, 0.6) is 0 Å². The van der Waals surface area contributed by atoms with Crippen LogP contribution in [-0.2, 0) is 10.0 Å². The fourth-order valence-electron chi connectivity index (χ4n) is 5.45. The summed E-state index contributed by atoms with van der Waals surface area (Å²) in [6, 6.07) is 7.52. The third-order valence-electron chi connectivity index (χ3n) is 7.07. The molecule has 2 atom stereocenters. The summed E-state index contributed by atoms with van der Waals surface area (Å²) in [5.41, 5.74) is 0. The molecule has 0 unspecified atom stereocenters. The number of piperazine rings is 1. The average Bonchev–Trinajstić information content (AvgIpc) is 2.75. The molecule has 0 spiro atoms. The van der Waals surface area contributed by atoms with Gasteiger partial charge in [-0.2, -0.15) is 0 Å². The fraction of sp³-hybridized carbons (Fsp3) is 0.727. The van der Waals surface area contributed by atoms with Crippen molar-refractivity contribution in [1.82, 2.24) is 14.5 Å². The molecule has 2 saturated carbocycles. The van der Waals surface area contributed by atoms with Crippen molar-refractivity contribution < 1.29 is 8.42 Å². The van der Waals surface area contributed by atoms with Gasteiger partial charge >= 0.3 is 0 Å². The molecule has 1 N–H and O–H groups in total. The van der Waals surface area contributed by atoms with Gasteiger partial charge in [0.1, 0.15) is 0 Å². The van der Waals surface area contributed by atoms with Crippen molar-refractivity contribution >= 4 is 21.6 Å². The number of nitrogens with one attached hydrogen (secondary N) is 1. The highest BCUT2D eigenvalue weighted by atomic mass is 35.5. The molecule has 3 aliphatic rings. The molecule has 0 radical (unpaired) electrons. The standard InChI is InChI=1S/C22H34ClN3O2S/c23-18-10-12-20(13-11-18)29(27,28)24-21-8-4-5-9-22(21)26-16-14-25(15-17-26)19-6-2-1-3-7-19/h10-13,19,21-22,24H,1-9,14-17H2/t21-,22-/m1/s1. The summed E-state index contributed by atoms with van der Waals surface area (Å²) < 4.78 is 28.9. The minimum Gasteiger partial charge on any atom is -0.298 e. The van der Waals surface area contributed by atoms with Gasteiger partial charge in [0.15, 0.2) is 0 Å². The van der Waals surface area contributed by atoms with Gasteiger partial charge in [0, 0.05) is 49.3 Å². The smallest absolute Gasteiger partial charge is 0.240 e. The van der Waals surface area contributed by atoms with Crippen molar-refractivity contribution in [3.63, 3.8) is 0 Å². The molecule has 1 aromatic rings. The zero-order valence-corrected chi connectivity index (χ0v) is 18.8. The Labute approximate surface area is 180 Å². The van der Waals surface area contributed by atoms with Gasteiger partial charge in [-0.25, -0.2) is 13.1 Å². The Balaban J connectivity index is 1.38. The van der Waals surface area contributed by atoms with Gasteiger partial charge in [-0.3, -0.25) is 9.80 Å². The molecule has 1 aromatic carbocycles. The summed E-state index contributed by atoms with van der Waals surface area (Å²) in [7, 11) is -3.52. The Morgan fingerprint density at radius 2 is 1.38 bits per heavy atom. The molecule has 0 amide bonds. The first-order valence-electron chi connectivity index (χ1n) is 11.3. The Kier molecular flexibility index (Phi) is 7.18. The maximum Gasteiger partial charge on any atom is 0.240 e. The van der Waals surface area contributed by atoms with E-state index in [1.807, 2.05) is 0 Å². The molecular formula is C22H34ClN3O2S. The molecule has 1 aliphatic heterocycles. The lowest BCUT2D eigenvalue weighted by molar-refractivity contribution is 0.0380. The number of hydrogen-bond acceptors (Lipinski definition) is 4. The summed E-state index contributed by atoms with van der Waals surface area (Å²) in [5.74, 6) is 0. The lowest BCUT2D eigenvalue weighted by Gasteiger charge is -2.46. The van der Waals surface area contributed by atoms with Gasteiger partial charge < -0.3 is 0 Å². The van der Waals surface area contributed by atoms with E-state index in [1.165, 1.54) is 38.5 Å². The summed E-state index contributed by atoms with van der Waals surface area (Å²) in [6.45, 7) is 4.36. The molecule has 2 aliphatic carbocycles. The summed E-state index contributed by atoms with van der Waals surface area (Å²) >= 11 is 5.92. The summed E-state index contributed by atoms with van der Waals surface area (Å²) in [5, 5.41) is 0.551. The van der Waals surface area contributed by atoms with Crippen LogP contribution in [0.25, 0.3) is 0 Å². The van der Waals surface area contributed by atoms with E-state index in [9.17, 15) is 8.42 Å². The van der Waals surface area contributed by atoms with Gasteiger partial charge in [0.25, 0.3) is 0 Å². The van der Waals surface area contributed by atoms with E-state index >= 15 is 0 Å². The Hall–Kier alpha value is -0.660. The van der Waals surface area contributed by atoms with Crippen LogP contribution >= 0.6 is 11.6 Å². The molecule has 7 heteroatoms. The summed E-state index contributed by atoms with van der Waals surface area (Å²) in [6.07, 6.45) is 11.1. The second-order valence-electron chi connectivity index (χ2n) is 8.90. The van der Waals surface area contributed by atoms with Gasteiger partial charge in [-0.15, -0.1) is 0 Å². The van der Waals surface area contributed by atoms with E-state index in [2.05, 4.69) is 14.5 Å². The van der Waals surface area contributed by atoms with E-state index in [-0.39, 0.29) is 6.04 Å². The predicted molar refractivity (Wildman–Crippen MR) is 118 cm³/mol. The zero-order chi connectivity index (χ0) is 20.3. The van der Waals surface area contributed by atoms with Crippen LogP contribution in [0.2, 0.25) is 5.02 Å². The first-order valence-corrected chi connectivity index (χ1v) is 13.1. The lowest BCUT2D eigenvalue weighted by Crippen LogP contribution is -2.59. The van der Waals surface area contributed by atoms with Crippen molar-refractivity contribution in [3.8, 4) is 0 Å². The van der Waals surface area contributed by atoms with Crippen LogP contribution in [0.3, 0.4) is 0 Å². The normalized spacial score (nSPS) is 28.4. The van der Waals surface area contributed by atoms with Crippen LogP contribution < -0.4 is 4.72 Å². The van der Waals surface area contributed by atoms with Crippen LogP contribution in [0.4, 0.5) is 0 Å². The first-order chi connectivity index (χ1) is 14.0. The molecule has 3 fully saturated rings. The Morgan fingerprint density at radius 3 is 2.07 bits per heavy atom. The van der Waals surface area contributed by atoms with Gasteiger partial charge in [-0.1, -0.05) is 43.7 Å². The lowest BCUT2D eigenvalue weighted by atomic mass is 9.89. The third-order valence-corrected chi connectivity index (χ3v) is 8.83. The molecule has 162 valence electrons. The highest BCUT2D eigenvalue weighted by Crippen LogP contribution is 2.28. The number of nitrogens with zero attached hydrogens (tertiary/aromatic N) is 2. The van der Waals surface area contributed by atoms with E-state index < -0.39 is 10.0 Å². The van der Waals surface area contributed by atoms with Crippen molar-refractivity contribution in [3.05, 3.63) is 29.3 Å². The number of halogens is 1. The molecule has 1 saturated heterocycles. The molecule has 0 aromatic heterocycles. The van der Waals surface area contributed by atoms with Crippen LogP contribution in [0, 0.1) is 0 Å². The quantitative estimate of drug-likeness (QED) is 0.756.